The van der Waals surface area contributed by atoms with Crippen molar-refractivity contribution in [2.24, 2.45) is 0 Å². The van der Waals surface area contributed by atoms with Crippen molar-refractivity contribution in [3.8, 4) is 0 Å². The van der Waals surface area contributed by atoms with Crippen molar-refractivity contribution in [2.75, 3.05) is 7.11 Å². The molecule has 2 rings (SSSR count). The Hall–Kier alpha value is -1.58. The average molecular weight is 163 g/mol. The highest BCUT2D eigenvalue weighted by atomic mass is 16.7. The second-order valence-corrected chi connectivity index (χ2v) is 2.64. The summed E-state index contributed by atoms with van der Waals surface area (Å²) < 4.78 is 0. The Bertz CT molecular complexity index is 408. The summed E-state index contributed by atoms with van der Waals surface area (Å²) in [5.74, 6) is 0. The number of benzene rings is 1. The summed E-state index contributed by atoms with van der Waals surface area (Å²) in [7, 11) is 1.56. The molecule has 1 aromatic carbocycles. The van der Waals surface area contributed by atoms with E-state index in [1.807, 2.05) is 25.1 Å². The Balaban J connectivity index is 2.73. The SMILES string of the molecule is COn1nnc2cc(C)ccc21. The number of rotatable bonds is 1. The third kappa shape index (κ3) is 0.922. The Morgan fingerprint density at radius 2 is 2.25 bits per heavy atom. The molecule has 4 nitrogen and oxygen atoms in total. The highest BCUT2D eigenvalue weighted by Gasteiger charge is 2.02. The molecule has 0 bridgehead atoms. The Kier molecular flexibility index (Phi) is 1.46. The smallest absolute Gasteiger partial charge is 0.130 e. The summed E-state index contributed by atoms with van der Waals surface area (Å²) >= 11 is 0. The van der Waals surface area contributed by atoms with Crippen molar-refractivity contribution in [2.45, 2.75) is 6.92 Å². The number of aromatic nitrogens is 3. The quantitative estimate of drug-likeness (QED) is 0.624. The van der Waals surface area contributed by atoms with Gasteiger partial charge in [0.05, 0.1) is 0 Å². The number of aryl methyl sites for hydroxylation is 1. The van der Waals surface area contributed by atoms with Gasteiger partial charge in [-0.2, -0.15) is 0 Å². The van der Waals surface area contributed by atoms with Crippen LogP contribution in [0.25, 0.3) is 11.0 Å². The largest absolute Gasteiger partial charge is 0.398 e. The molecule has 0 saturated heterocycles. The van der Waals surface area contributed by atoms with Gasteiger partial charge in [-0.1, -0.05) is 10.9 Å². The minimum Gasteiger partial charge on any atom is -0.398 e. The van der Waals surface area contributed by atoms with Gasteiger partial charge in [-0.15, -0.1) is 5.10 Å². The van der Waals surface area contributed by atoms with E-state index in [0.717, 1.165) is 11.0 Å². The Labute approximate surface area is 69.7 Å². The van der Waals surface area contributed by atoms with Crippen molar-refractivity contribution in [1.82, 2.24) is 15.2 Å². The first kappa shape index (κ1) is 7.09. The fraction of sp³-hybridized carbons (Fsp3) is 0.250. The first-order valence-corrected chi connectivity index (χ1v) is 3.68. The van der Waals surface area contributed by atoms with Gasteiger partial charge in [0, 0.05) is 0 Å². The second kappa shape index (κ2) is 2.48. The summed E-state index contributed by atoms with van der Waals surface area (Å²) in [6.45, 7) is 2.02. The van der Waals surface area contributed by atoms with E-state index in [9.17, 15) is 0 Å². The third-order valence-electron chi connectivity index (χ3n) is 1.74. The minimum atomic E-state index is 0.858. The molecule has 0 N–H and O–H groups in total. The van der Waals surface area contributed by atoms with Crippen molar-refractivity contribution in [3.63, 3.8) is 0 Å². The van der Waals surface area contributed by atoms with Gasteiger partial charge in [-0.3, -0.25) is 0 Å². The van der Waals surface area contributed by atoms with Gasteiger partial charge >= 0.3 is 0 Å². The van der Waals surface area contributed by atoms with Crippen LogP contribution < -0.4 is 4.84 Å². The lowest BCUT2D eigenvalue weighted by atomic mass is 10.2. The molecule has 0 amide bonds. The predicted molar refractivity (Wildman–Crippen MR) is 44.8 cm³/mol. The van der Waals surface area contributed by atoms with Crippen LogP contribution in [0, 0.1) is 6.92 Å². The van der Waals surface area contributed by atoms with E-state index >= 15 is 0 Å². The highest BCUT2D eigenvalue weighted by Crippen LogP contribution is 2.11. The van der Waals surface area contributed by atoms with Crippen LogP contribution in [0.1, 0.15) is 5.56 Å². The number of hydrogen-bond acceptors (Lipinski definition) is 3. The van der Waals surface area contributed by atoms with Crippen LogP contribution in [-0.4, -0.2) is 22.3 Å². The summed E-state index contributed by atoms with van der Waals surface area (Å²) in [5, 5.41) is 7.74. The number of nitrogens with zero attached hydrogens (tertiary/aromatic N) is 3. The van der Waals surface area contributed by atoms with Crippen LogP contribution >= 0.6 is 0 Å². The van der Waals surface area contributed by atoms with Crippen molar-refractivity contribution in [1.29, 1.82) is 0 Å². The molecule has 0 aliphatic carbocycles. The first-order valence-electron chi connectivity index (χ1n) is 3.68. The molecule has 0 fully saturated rings. The molecule has 0 radical (unpaired) electrons. The summed E-state index contributed by atoms with van der Waals surface area (Å²) in [5.41, 5.74) is 2.92. The molecule has 1 heterocycles. The van der Waals surface area contributed by atoms with E-state index in [1.54, 1.807) is 7.11 Å². The Morgan fingerprint density at radius 1 is 1.42 bits per heavy atom. The van der Waals surface area contributed by atoms with Crippen molar-refractivity contribution < 1.29 is 4.84 Å². The fourth-order valence-corrected chi connectivity index (χ4v) is 1.15. The minimum absolute atomic E-state index is 0.858. The Morgan fingerprint density at radius 3 is 3.00 bits per heavy atom. The maximum Gasteiger partial charge on any atom is 0.130 e. The van der Waals surface area contributed by atoms with Crippen LogP contribution in [-0.2, 0) is 0 Å². The monoisotopic (exact) mass is 163 g/mol. The van der Waals surface area contributed by atoms with E-state index in [2.05, 4.69) is 10.3 Å². The molecule has 1 aromatic heterocycles. The van der Waals surface area contributed by atoms with Crippen molar-refractivity contribution >= 4 is 11.0 Å². The number of hydrogen-bond donors (Lipinski definition) is 0. The second-order valence-electron chi connectivity index (χ2n) is 2.64. The highest BCUT2D eigenvalue weighted by molar-refractivity contribution is 5.74. The van der Waals surface area contributed by atoms with Crippen LogP contribution in [0.5, 0.6) is 0 Å². The van der Waals surface area contributed by atoms with Gasteiger partial charge < -0.3 is 4.84 Å². The van der Waals surface area contributed by atoms with Gasteiger partial charge in [0.2, 0.25) is 0 Å². The van der Waals surface area contributed by atoms with Gasteiger partial charge in [0.15, 0.2) is 0 Å². The molecule has 0 atom stereocenters. The molecule has 2 aromatic rings. The molecule has 0 aliphatic heterocycles. The lowest BCUT2D eigenvalue weighted by Crippen LogP contribution is -2.06. The maximum absolute atomic E-state index is 4.95. The molecular formula is C8H9N3O. The van der Waals surface area contributed by atoms with Crippen LogP contribution in [0.2, 0.25) is 0 Å². The van der Waals surface area contributed by atoms with Gasteiger partial charge in [0.25, 0.3) is 0 Å². The van der Waals surface area contributed by atoms with Crippen LogP contribution in [0.15, 0.2) is 18.2 Å². The van der Waals surface area contributed by atoms with Gasteiger partial charge in [-0.25, -0.2) is 0 Å². The van der Waals surface area contributed by atoms with E-state index < -0.39 is 0 Å². The molecule has 0 saturated carbocycles. The van der Waals surface area contributed by atoms with E-state index in [0.29, 0.717) is 0 Å². The average Bonchev–Trinajstić information content (AvgIpc) is 2.46. The summed E-state index contributed by atoms with van der Waals surface area (Å²) in [4.78, 5) is 6.35. The van der Waals surface area contributed by atoms with E-state index in [4.69, 9.17) is 4.84 Å². The fourth-order valence-electron chi connectivity index (χ4n) is 1.15. The standard InChI is InChI=1S/C8H9N3O/c1-6-3-4-8-7(5-6)9-10-11(8)12-2/h3-5H,1-2H3. The zero-order valence-corrected chi connectivity index (χ0v) is 6.98. The molecule has 62 valence electrons. The van der Waals surface area contributed by atoms with E-state index in [-0.39, 0.29) is 0 Å². The topological polar surface area (TPSA) is 39.9 Å². The normalized spacial score (nSPS) is 10.5. The molecule has 4 heteroatoms. The van der Waals surface area contributed by atoms with Crippen LogP contribution in [0.4, 0.5) is 0 Å². The van der Waals surface area contributed by atoms with E-state index in [1.165, 1.54) is 10.4 Å². The predicted octanol–water partition coefficient (Wildman–Crippen LogP) is 0.798. The molecule has 0 spiro atoms. The number of fused-ring (bicyclic) bond motifs is 1. The zero-order valence-electron chi connectivity index (χ0n) is 6.98. The zero-order chi connectivity index (χ0) is 8.55. The lowest BCUT2D eigenvalue weighted by molar-refractivity contribution is 0.139. The molecule has 0 unspecified atom stereocenters. The summed E-state index contributed by atoms with van der Waals surface area (Å²) in [6, 6.07) is 5.91. The van der Waals surface area contributed by atoms with Crippen molar-refractivity contribution in [3.05, 3.63) is 23.8 Å². The van der Waals surface area contributed by atoms with Gasteiger partial charge in [0.1, 0.15) is 18.1 Å². The summed E-state index contributed by atoms with van der Waals surface area (Å²) in [6.07, 6.45) is 0. The molecule has 0 aliphatic rings. The first-order chi connectivity index (χ1) is 5.81. The maximum atomic E-state index is 4.95. The lowest BCUT2D eigenvalue weighted by Gasteiger charge is -1.96. The van der Waals surface area contributed by atoms with Gasteiger partial charge in [-0.05, 0) is 29.8 Å². The third-order valence-corrected chi connectivity index (χ3v) is 1.74. The molecular weight excluding hydrogens is 154 g/mol. The van der Waals surface area contributed by atoms with Crippen LogP contribution in [0.3, 0.4) is 0 Å². The molecule has 12 heavy (non-hydrogen) atoms.